The first-order valence-corrected chi connectivity index (χ1v) is 11.2. The van der Waals surface area contributed by atoms with Gasteiger partial charge in [0, 0.05) is 19.5 Å². The van der Waals surface area contributed by atoms with Crippen molar-refractivity contribution < 1.29 is 23.1 Å². The van der Waals surface area contributed by atoms with Crippen LogP contribution in [0.3, 0.4) is 0 Å². The average Bonchev–Trinajstić information content (AvgIpc) is 3.29. The summed E-state index contributed by atoms with van der Waals surface area (Å²) in [5.74, 6) is -0.428. The number of halogens is 2. The number of nitrogens with zero attached hydrogens (tertiary/aromatic N) is 2. The van der Waals surface area contributed by atoms with Crippen molar-refractivity contribution in [1.29, 1.82) is 0 Å². The molecular formula is C25H26F2N4O3. The molecule has 178 valence electrons. The normalized spacial score (nSPS) is 15.8. The quantitative estimate of drug-likeness (QED) is 0.464. The van der Waals surface area contributed by atoms with Gasteiger partial charge in [0.2, 0.25) is 0 Å². The Labute approximate surface area is 196 Å². The van der Waals surface area contributed by atoms with E-state index in [0.29, 0.717) is 42.2 Å². The second-order valence-corrected chi connectivity index (χ2v) is 8.28. The zero-order valence-electron chi connectivity index (χ0n) is 19.0. The molecule has 34 heavy (non-hydrogen) atoms. The van der Waals surface area contributed by atoms with E-state index in [2.05, 4.69) is 15.3 Å². The zero-order valence-corrected chi connectivity index (χ0v) is 19.0. The van der Waals surface area contributed by atoms with Gasteiger partial charge in [-0.3, -0.25) is 10.1 Å². The number of carbonyl (C=O) groups excluding carboxylic acids is 2. The predicted molar refractivity (Wildman–Crippen MR) is 123 cm³/mol. The van der Waals surface area contributed by atoms with Crippen molar-refractivity contribution in [2.45, 2.75) is 38.2 Å². The summed E-state index contributed by atoms with van der Waals surface area (Å²) < 4.78 is 32.8. The third-order valence-electron chi connectivity index (χ3n) is 6.00. The van der Waals surface area contributed by atoms with Gasteiger partial charge in [0.05, 0.1) is 17.4 Å². The Kier molecular flexibility index (Phi) is 6.90. The van der Waals surface area contributed by atoms with Crippen molar-refractivity contribution in [3.63, 3.8) is 0 Å². The van der Waals surface area contributed by atoms with Crippen LogP contribution in [0.1, 0.15) is 65.6 Å². The Morgan fingerprint density at radius 1 is 1.21 bits per heavy atom. The highest BCUT2D eigenvalue weighted by Gasteiger charge is 2.29. The summed E-state index contributed by atoms with van der Waals surface area (Å²) >= 11 is 0. The number of H-pyrrole nitrogens is 1. The molecule has 3 aromatic rings. The van der Waals surface area contributed by atoms with Gasteiger partial charge in [-0.2, -0.15) is 0 Å². The number of amides is 2. The fraction of sp³-hybridized carbons (Fsp3) is 0.320. The minimum atomic E-state index is -0.715. The summed E-state index contributed by atoms with van der Waals surface area (Å²) in [5, 5.41) is 2.50. The van der Waals surface area contributed by atoms with E-state index in [0.717, 1.165) is 12.0 Å². The second kappa shape index (κ2) is 10.0. The molecule has 2 unspecified atom stereocenters. The number of aromatic amines is 1. The molecular weight excluding hydrogens is 442 g/mol. The maximum absolute atomic E-state index is 14.3. The van der Waals surface area contributed by atoms with Gasteiger partial charge in [-0.15, -0.1) is 0 Å². The van der Waals surface area contributed by atoms with Crippen LogP contribution in [0.5, 0.6) is 0 Å². The number of hydrogen-bond donors (Lipinski definition) is 2. The van der Waals surface area contributed by atoms with Crippen LogP contribution in [-0.2, 0) is 4.74 Å². The van der Waals surface area contributed by atoms with Crippen molar-refractivity contribution in [2.24, 2.45) is 0 Å². The Morgan fingerprint density at radius 3 is 2.71 bits per heavy atom. The van der Waals surface area contributed by atoms with Gasteiger partial charge in [0.1, 0.15) is 29.3 Å². The zero-order chi connectivity index (χ0) is 24.2. The molecule has 2 atom stereocenters. The third kappa shape index (κ3) is 4.93. The molecule has 0 bridgehead atoms. The maximum atomic E-state index is 14.3. The van der Waals surface area contributed by atoms with Crippen LogP contribution in [0, 0.1) is 11.6 Å². The monoisotopic (exact) mass is 468 g/mol. The maximum Gasteiger partial charge on any atom is 0.412 e. The lowest BCUT2D eigenvalue weighted by molar-refractivity contribution is 0.0755. The van der Waals surface area contributed by atoms with Crippen molar-refractivity contribution in [1.82, 2.24) is 14.9 Å². The van der Waals surface area contributed by atoms with Crippen molar-refractivity contribution >= 4 is 17.7 Å². The van der Waals surface area contributed by atoms with Gasteiger partial charge in [-0.1, -0.05) is 25.1 Å². The van der Waals surface area contributed by atoms with Crippen molar-refractivity contribution in [3.05, 3.63) is 82.9 Å². The standard InChI is InChI=1S/C25H26F2N4O3/c1-3-17(15-9-11-16(26)12-10-15)23-28-14-20(29-23)24(32)31(2)13-5-8-21-22-18(27)6-4-7-19(22)30-25(33)34-21/h4,6-7,9-12,14,17,21H,3,5,8,13H2,1-2H3,(H,28,29)(H,30,33). The molecule has 2 heterocycles. The highest BCUT2D eigenvalue weighted by molar-refractivity contribution is 5.92. The largest absolute Gasteiger partial charge is 0.441 e. The molecule has 0 spiro atoms. The summed E-state index contributed by atoms with van der Waals surface area (Å²) in [4.78, 5) is 33.7. The molecule has 9 heteroatoms. The van der Waals surface area contributed by atoms with Crippen LogP contribution in [0.25, 0.3) is 0 Å². The Balaban J connectivity index is 1.37. The smallest absolute Gasteiger partial charge is 0.412 e. The van der Waals surface area contributed by atoms with Crippen molar-refractivity contribution in [3.8, 4) is 0 Å². The summed E-state index contributed by atoms with van der Waals surface area (Å²) in [6.45, 7) is 2.38. The number of rotatable bonds is 8. The average molecular weight is 469 g/mol. The van der Waals surface area contributed by atoms with E-state index in [-0.39, 0.29) is 17.6 Å². The number of anilines is 1. The van der Waals surface area contributed by atoms with E-state index in [1.54, 1.807) is 30.1 Å². The number of aromatic nitrogens is 2. The number of cyclic esters (lactones) is 1. The highest BCUT2D eigenvalue weighted by atomic mass is 19.1. The van der Waals surface area contributed by atoms with E-state index < -0.39 is 18.0 Å². The van der Waals surface area contributed by atoms with Crippen LogP contribution in [0.2, 0.25) is 0 Å². The molecule has 4 rings (SSSR count). The lowest BCUT2D eigenvalue weighted by Gasteiger charge is -2.27. The first-order valence-electron chi connectivity index (χ1n) is 11.2. The topological polar surface area (TPSA) is 87.3 Å². The van der Waals surface area contributed by atoms with Gasteiger partial charge in [-0.25, -0.2) is 18.6 Å². The van der Waals surface area contributed by atoms with Gasteiger partial charge >= 0.3 is 6.09 Å². The lowest BCUT2D eigenvalue weighted by Crippen LogP contribution is -2.29. The molecule has 0 fully saturated rings. The Bertz CT molecular complexity index is 1180. The molecule has 1 aliphatic heterocycles. The number of benzene rings is 2. The molecule has 0 saturated heterocycles. The van der Waals surface area contributed by atoms with Crippen LogP contribution in [0.15, 0.2) is 48.7 Å². The van der Waals surface area contributed by atoms with E-state index >= 15 is 0 Å². The van der Waals surface area contributed by atoms with Crippen LogP contribution < -0.4 is 5.32 Å². The molecule has 0 saturated carbocycles. The summed E-state index contributed by atoms with van der Waals surface area (Å²) in [7, 11) is 1.67. The molecule has 2 aromatic carbocycles. The third-order valence-corrected chi connectivity index (χ3v) is 6.00. The summed E-state index contributed by atoms with van der Waals surface area (Å²) in [6, 6.07) is 10.7. The van der Waals surface area contributed by atoms with E-state index in [4.69, 9.17) is 4.74 Å². The highest BCUT2D eigenvalue weighted by Crippen LogP contribution is 2.35. The summed E-state index contributed by atoms with van der Waals surface area (Å²) in [6.07, 6.45) is 1.77. The molecule has 1 aromatic heterocycles. The van der Waals surface area contributed by atoms with Gasteiger partial charge in [-0.05, 0) is 49.1 Å². The molecule has 7 nitrogen and oxygen atoms in total. The van der Waals surface area contributed by atoms with Crippen LogP contribution >= 0.6 is 0 Å². The molecule has 2 amide bonds. The lowest BCUT2D eigenvalue weighted by atomic mass is 9.96. The summed E-state index contributed by atoms with van der Waals surface area (Å²) in [5.41, 5.74) is 1.99. The number of nitrogens with one attached hydrogen (secondary N) is 2. The SMILES string of the molecule is CCC(c1ccc(F)cc1)c1ncc(C(=O)N(C)CCCC2OC(=O)Nc3cccc(F)c32)[nH]1. The number of ether oxygens (including phenoxy) is 1. The van der Waals surface area contributed by atoms with E-state index in [9.17, 15) is 18.4 Å². The second-order valence-electron chi connectivity index (χ2n) is 8.28. The fourth-order valence-corrected chi connectivity index (χ4v) is 4.23. The minimum absolute atomic E-state index is 0.0861. The number of imidazole rings is 1. The Hall–Kier alpha value is -3.75. The first kappa shape index (κ1) is 23.4. The van der Waals surface area contributed by atoms with Crippen LogP contribution in [0.4, 0.5) is 19.3 Å². The number of hydrogen-bond acceptors (Lipinski definition) is 4. The number of fused-ring (bicyclic) bond motifs is 1. The fourth-order valence-electron chi connectivity index (χ4n) is 4.23. The van der Waals surface area contributed by atoms with Gasteiger partial charge < -0.3 is 14.6 Å². The molecule has 2 N–H and O–H groups in total. The predicted octanol–water partition coefficient (Wildman–Crippen LogP) is 5.39. The van der Waals surface area contributed by atoms with Crippen LogP contribution in [-0.4, -0.2) is 40.5 Å². The Morgan fingerprint density at radius 2 is 1.97 bits per heavy atom. The van der Waals surface area contributed by atoms with Gasteiger partial charge in [0.15, 0.2) is 0 Å². The molecule has 1 aliphatic rings. The van der Waals surface area contributed by atoms with E-state index in [1.807, 2.05) is 6.92 Å². The van der Waals surface area contributed by atoms with Gasteiger partial charge in [0.25, 0.3) is 5.91 Å². The minimum Gasteiger partial charge on any atom is -0.441 e. The van der Waals surface area contributed by atoms with Crippen molar-refractivity contribution in [2.75, 3.05) is 18.9 Å². The molecule has 0 aliphatic carbocycles. The molecule has 0 radical (unpaired) electrons. The number of carbonyl (C=O) groups is 2. The van der Waals surface area contributed by atoms with E-state index in [1.165, 1.54) is 30.5 Å². The first-order chi connectivity index (χ1) is 16.4.